The van der Waals surface area contributed by atoms with Gasteiger partial charge in [0.2, 0.25) is 0 Å². The van der Waals surface area contributed by atoms with Gasteiger partial charge in [-0.3, -0.25) is 4.98 Å². The minimum absolute atomic E-state index is 0.374. The van der Waals surface area contributed by atoms with Crippen molar-refractivity contribution in [2.75, 3.05) is 5.32 Å². The summed E-state index contributed by atoms with van der Waals surface area (Å²) in [5.41, 5.74) is 3.37. The van der Waals surface area contributed by atoms with Crippen molar-refractivity contribution in [1.82, 2.24) is 19.7 Å². The van der Waals surface area contributed by atoms with Crippen LogP contribution in [0.3, 0.4) is 0 Å². The third kappa shape index (κ3) is 2.75. The van der Waals surface area contributed by atoms with Gasteiger partial charge in [0.15, 0.2) is 5.82 Å². The van der Waals surface area contributed by atoms with Crippen LogP contribution in [-0.2, 0) is 25.8 Å². The van der Waals surface area contributed by atoms with Crippen LogP contribution >= 0.6 is 0 Å². The van der Waals surface area contributed by atoms with Crippen molar-refractivity contribution in [3.8, 4) is 0 Å². The Morgan fingerprint density at radius 2 is 2.04 bits per heavy atom. The number of fused-ring (bicyclic) bond motifs is 2. The molecule has 1 atom stereocenters. The smallest absolute Gasteiger partial charge is 0.150 e. The average Bonchev–Trinajstić information content (AvgIpc) is 3.04. The molecule has 5 heteroatoms. The Hall–Kier alpha value is -2.43. The highest BCUT2D eigenvalue weighted by Gasteiger charge is 2.21. The van der Waals surface area contributed by atoms with E-state index in [1.54, 1.807) is 0 Å². The summed E-state index contributed by atoms with van der Waals surface area (Å²) >= 11 is 0. The van der Waals surface area contributed by atoms with Gasteiger partial charge in [-0.2, -0.15) is 5.10 Å². The summed E-state index contributed by atoms with van der Waals surface area (Å²) in [5.74, 6) is 2.08. The minimum Gasteiger partial charge on any atom is -0.380 e. The van der Waals surface area contributed by atoms with Crippen LogP contribution in [0.4, 0.5) is 5.69 Å². The topological polar surface area (TPSA) is 55.6 Å². The number of para-hydroxylation sites is 1. The molecule has 5 nitrogen and oxygen atoms in total. The van der Waals surface area contributed by atoms with Crippen LogP contribution in [0.15, 0.2) is 30.3 Å². The van der Waals surface area contributed by atoms with Gasteiger partial charge >= 0.3 is 0 Å². The molecule has 4 rings (SSSR count). The van der Waals surface area contributed by atoms with Crippen molar-refractivity contribution in [2.45, 2.75) is 52.1 Å². The van der Waals surface area contributed by atoms with Gasteiger partial charge in [-0.1, -0.05) is 32.0 Å². The summed E-state index contributed by atoms with van der Waals surface area (Å²) in [6, 6.07) is 10.9. The van der Waals surface area contributed by atoms with E-state index < -0.39 is 0 Å². The molecule has 1 aliphatic rings. The molecule has 1 aliphatic heterocycles. The number of benzene rings is 1. The van der Waals surface area contributed by atoms with Crippen molar-refractivity contribution in [3.63, 3.8) is 0 Å². The number of anilines is 1. The molecule has 0 fully saturated rings. The third-order valence-electron chi connectivity index (χ3n) is 4.71. The Bertz CT molecular complexity index is 867. The first kappa shape index (κ1) is 15.1. The van der Waals surface area contributed by atoms with Crippen molar-refractivity contribution in [3.05, 3.63) is 47.7 Å². The van der Waals surface area contributed by atoms with Gasteiger partial charge in [0.25, 0.3) is 0 Å². The normalized spacial score (nSPS) is 17.0. The highest BCUT2D eigenvalue weighted by Crippen LogP contribution is 2.26. The van der Waals surface area contributed by atoms with E-state index in [4.69, 9.17) is 4.98 Å². The molecule has 2 aromatic heterocycles. The van der Waals surface area contributed by atoms with Gasteiger partial charge in [-0.25, -0.2) is 9.67 Å². The predicted molar refractivity (Wildman–Crippen MR) is 96.3 cm³/mol. The van der Waals surface area contributed by atoms with Crippen molar-refractivity contribution in [2.24, 2.45) is 0 Å². The quantitative estimate of drug-likeness (QED) is 0.800. The summed E-state index contributed by atoms with van der Waals surface area (Å²) < 4.78 is 2.07. The molecule has 0 saturated carbocycles. The Morgan fingerprint density at radius 1 is 1.17 bits per heavy atom. The van der Waals surface area contributed by atoms with Gasteiger partial charge in [-0.15, -0.1) is 0 Å². The molecule has 24 heavy (non-hydrogen) atoms. The molecular weight excluding hydrogens is 298 g/mol. The number of hydrogen-bond donors (Lipinski definition) is 1. The molecule has 0 bridgehead atoms. The van der Waals surface area contributed by atoms with E-state index in [-0.39, 0.29) is 0 Å². The lowest BCUT2D eigenvalue weighted by molar-refractivity contribution is 0.440. The zero-order valence-electron chi connectivity index (χ0n) is 14.3. The molecule has 1 N–H and O–H groups in total. The Kier molecular flexibility index (Phi) is 3.92. The lowest BCUT2D eigenvalue weighted by Crippen LogP contribution is -2.32. The van der Waals surface area contributed by atoms with E-state index in [1.165, 1.54) is 11.1 Å². The van der Waals surface area contributed by atoms with Crippen LogP contribution in [0.2, 0.25) is 0 Å². The average molecular weight is 321 g/mol. The van der Waals surface area contributed by atoms with Crippen LogP contribution in [-0.4, -0.2) is 25.8 Å². The molecule has 0 aliphatic carbocycles. The lowest BCUT2D eigenvalue weighted by Gasteiger charge is -2.25. The second kappa shape index (κ2) is 6.23. The maximum absolute atomic E-state index is 4.73. The van der Waals surface area contributed by atoms with E-state index in [0.29, 0.717) is 6.04 Å². The summed E-state index contributed by atoms with van der Waals surface area (Å²) in [7, 11) is 0. The standard InChI is InChI=1S/C19H23N5/c1-3-13-11-17(15-7-5-6-8-16(15)20-13)21-14-9-10-19-22-18(4-2)23-24(19)12-14/h5-8,11,14H,3-4,9-10,12H2,1-2H3,(H,20,21). The van der Waals surface area contributed by atoms with E-state index >= 15 is 0 Å². The predicted octanol–water partition coefficient (Wildman–Crippen LogP) is 3.38. The number of rotatable bonds is 4. The van der Waals surface area contributed by atoms with Crippen LogP contribution < -0.4 is 5.32 Å². The highest BCUT2D eigenvalue weighted by atomic mass is 15.4. The molecule has 1 unspecified atom stereocenters. The largest absolute Gasteiger partial charge is 0.380 e. The first-order valence-corrected chi connectivity index (χ1v) is 8.84. The summed E-state index contributed by atoms with van der Waals surface area (Å²) in [4.78, 5) is 9.33. The number of nitrogens with one attached hydrogen (secondary N) is 1. The third-order valence-corrected chi connectivity index (χ3v) is 4.71. The monoisotopic (exact) mass is 321 g/mol. The zero-order valence-corrected chi connectivity index (χ0v) is 14.3. The SMILES string of the molecule is CCc1cc(NC2CCc3nc(CC)nn3C2)c2ccccc2n1. The first-order valence-electron chi connectivity index (χ1n) is 8.84. The summed E-state index contributed by atoms with van der Waals surface area (Å²) in [6.45, 7) is 5.13. The van der Waals surface area contributed by atoms with E-state index in [1.807, 2.05) is 6.07 Å². The van der Waals surface area contributed by atoms with Crippen molar-refractivity contribution < 1.29 is 0 Å². The number of aryl methyl sites for hydroxylation is 3. The first-order chi connectivity index (χ1) is 11.8. The zero-order chi connectivity index (χ0) is 16.5. The number of aromatic nitrogens is 4. The van der Waals surface area contributed by atoms with Crippen LogP contribution in [0.5, 0.6) is 0 Å². The maximum Gasteiger partial charge on any atom is 0.150 e. The second-order valence-corrected chi connectivity index (χ2v) is 6.39. The summed E-state index contributed by atoms with van der Waals surface area (Å²) in [6.07, 6.45) is 3.90. The fourth-order valence-corrected chi connectivity index (χ4v) is 3.38. The maximum atomic E-state index is 4.73. The number of nitrogens with zero attached hydrogens (tertiary/aromatic N) is 4. The van der Waals surface area contributed by atoms with Gasteiger partial charge in [0.1, 0.15) is 5.82 Å². The Morgan fingerprint density at radius 3 is 2.88 bits per heavy atom. The van der Waals surface area contributed by atoms with Crippen LogP contribution in [0, 0.1) is 0 Å². The molecule has 124 valence electrons. The molecule has 3 aromatic rings. The van der Waals surface area contributed by atoms with E-state index in [0.717, 1.165) is 55.1 Å². The van der Waals surface area contributed by atoms with E-state index in [9.17, 15) is 0 Å². The Labute approximate surface area is 142 Å². The molecule has 3 heterocycles. The minimum atomic E-state index is 0.374. The van der Waals surface area contributed by atoms with Crippen molar-refractivity contribution >= 4 is 16.6 Å². The van der Waals surface area contributed by atoms with Gasteiger partial charge in [-0.05, 0) is 25.0 Å². The highest BCUT2D eigenvalue weighted by molar-refractivity contribution is 5.91. The van der Waals surface area contributed by atoms with Crippen LogP contribution in [0.1, 0.15) is 37.6 Å². The van der Waals surface area contributed by atoms with Crippen molar-refractivity contribution in [1.29, 1.82) is 0 Å². The second-order valence-electron chi connectivity index (χ2n) is 6.39. The number of pyridine rings is 1. The molecular formula is C19H23N5. The molecule has 0 spiro atoms. The fraction of sp³-hybridized carbons (Fsp3) is 0.421. The molecule has 0 saturated heterocycles. The molecule has 0 radical (unpaired) electrons. The van der Waals surface area contributed by atoms with Gasteiger partial charge in [0.05, 0.1) is 12.1 Å². The fourth-order valence-electron chi connectivity index (χ4n) is 3.38. The van der Waals surface area contributed by atoms with E-state index in [2.05, 4.69) is 58.2 Å². The molecule has 1 aromatic carbocycles. The van der Waals surface area contributed by atoms with Gasteiger partial charge < -0.3 is 5.32 Å². The summed E-state index contributed by atoms with van der Waals surface area (Å²) in [5, 5.41) is 9.54. The number of hydrogen-bond acceptors (Lipinski definition) is 4. The van der Waals surface area contributed by atoms with Gasteiger partial charge in [0, 0.05) is 35.7 Å². The Balaban J connectivity index is 1.62. The lowest BCUT2D eigenvalue weighted by atomic mass is 10.1. The van der Waals surface area contributed by atoms with Crippen LogP contribution in [0.25, 0.3) is 10.9 Å². The molecule has 0 amide bonds.